The predicted octanol–water partition coefficient (Wildman–Crippen LogP) is 2.43. The number of aliphatic carboxylic acids is 1. The number of allylic oxidation sites excluding steroid dienone is 2. The van der Waals surface area contributed by atoms with Crippen molar-refractivity contribution in [2.75, 3.05) is 14.2 Å². The van der Waals surface area contributed by atoms with Gasteiger partial charge in [0, 0.05) is 30.6 Å². The molecule has 1 N–H and O–H groups in total. The summed E-state index contributed by atoms with van der Waals surface area (Å²) in [5.74, 6) is -2.83. The van der Waals surface area contributed by atoms with Crippen LogP contribution < -0.4 is 0 Å². The number of carboxylic acid groups (broad SMARTS) is 1. The van der Waals surface area contributed by atoms with Crippen molar-refractivity contribution in [2.24, 2.45) is 0 Å². The monoisotopic (exact) mass is 346 g/mol. The molecule has 0 fully saturated rings. The molecule has 0 bridgehead atoms. The van der Waals surface area contributed by atoms with Crippen molar-refractivity contribution in [1.29, 1.82) is 0 Å². The van der Waals surface area contributed by atoms with Crippen LogP contribution >= 0.6 is 0 Å². The van der Waals surface area contributed by atoms with E-state index in [1.54, 1.807) is 31.9 Å². The number of carboxylic acids is 1. The fourth-order valence-corrected chi connectivity index (χ4v) is 2.98. The first-order chi connectivity index (χ1) is 11.7. The number of esters is 1. The van der Waals surface area contributed by atoms with E-state index < -0.39 is 22.8 Å². The normalized spacial score (nSPS) is 17.6. The van der Waals surface area contributed by atoms with E-state index in [4.69, 9.17) is 4.74 Å². The number of hydrogen-bond donors (Lipinski definition) is 1. The molecular weight excluding hydrogens is 328 g/mol. The summed E-state index contributed by atoms with van der Waals surface area (Å²) in [6.07, 6.45) is 0. The molecule has 1 heterocycles. The minimum absolute atomic E-state index is 0.0194. The van der Waals surface area contributed by atoms with Crippen molar-refractivity contribution >= 4 is 17.6 Å². The van der Waals surface area contributed by atoms with Crippen LogP contribution in [0.1, 0.15) is 25.3 Å². The summed E-state index contributed by atoms with van der Waals surface area (Å²) in [5.41, 5.74) is 1.28. The van der Waals surface area contributed by atoms with Gasteiger partial charge in [-0.1, -0.05) is 12.1 Å². The highest BCUT2D eigenvalue weighted by atomic mass is 16.6. The molecule has 1 atom stereocenters. The molecule has 8 heteroatoms. The molecule has 0 saturated heterocycles. The molecule has 0 aliphatic carbocycles. The topological polar surface area (TPSA) is 110 Å². The van der Waals surface area contributed by atoms with Gasteiger partial charge in [0.1, 0.15) is 0 Å². The van der Waals surface area contributed by atoms with Gasteiger partial charge in [-0.05, 0) is 19.4 Å². The first kappa shape index (κ1) is 18.2. The third-order valence-electron chi connectivity index (χ3n) is 4.41. The van der Waals surface area contributed by atoms with Gasteiger partial charge in [-0.2, -0.15) is 0 Å². The molecule has 1 aliphatic rings. The molecule has 1 aromatic carbocycles. The lowest BCUT2D eigenvalue weighted by molar-refractivity contribution is -0.384. The largest absolute Gasteiger partial charge is 0.478 e. The van der Waals surface area contributed by atoms with E-state index in [2.05, 4.69) is 0 Å². The number of hydrogen-bond acceptors (Lipinski definition) is 6. The van der Waals surface area contributed by atoms with E-state index in [1.807, 2.05) is 0 Å². The fraction of sp³-hybridized carbons (Fsp3) is 0.294. The van der Waals surface area contributed by atoms with Crippen LogP contribution in [0.4, 0.5) is 5.69 Å². The molecule has 132 valence electrons. The molecule has 0 saturated carbocycles. The van der Waals surface area contributed by atoms with Crippen LogP contribution in [-0.2, 0) is 14.3 Å². The Kier molecular flexibility index (Phi) is 4.92. The number of nitro groups is 1. The number of benzene rings is 1. The number of carbonyl (C=O) groups is 2. The second-order valence-corrected chi connectivity index (χ2v) is 5.64. The van der Waals surface area contributed by atoms with Gasteiger partial charge in [0.05, 0.1) is 29.1 Å². The van der Waals surface area contributed by atoms with E-state index in [1.165, 1.54) is 25.3 Å². The number of nitrogens with zero attached hydrogens (tertiary/aromatic N) is 2. The Morgan fingerprint density at radius 2 is 1.84 bits per heavy atom. The van der Waals surface area contributed by atoms with Gasteiger partial charge < -0.3 is 14.7 Å². The molecular formula is C17H18N2O6. The van der Waals surface area contributed by atoms with Crippen LogP contribution in [0.25, 0.3) is 0 Å². The van der Waals surface area contributed by atoms with Crippen molar-refractivity contribution in [1.82, 2.24) is 4.90 Å². The summed E-state index contributed by atoms with van der Waals surface area (Å²) in [5, 5.41) is 20.8. The zero-order chi connectivity index (χ0) is 18.9. The molecule has 25 heavy (non-hydrogen) atoms. The third-order valence-corrected chi connectivity index (χ3v) is 4.41. The highest BCUT2D eigenvalue weighted by molar-refractivity contribution is 5.99. The molecule has 0 amide bonds. The number of nitro benzene ring substituents is 1. The van der Waals surface area contributed by atoms with Crippen LogP contribution in [0.2, 0.25) is 0 Å². The van der Waals surface area contributed by atoms with Crippen LogP contribution in [-0.4, -0.2) is 41.0 Å². The van der Waals surface area contributed by atoms with Crippen molar-refractivity contribution in [2.45, 2.75) is 19.8 Å². The highest BCUT2D eigenvalue weighted by Gasteiger charge is 2.39. The Balaban J connectivity index is 2.78. The Bertz CT molecular complexity index is 824. The van der Waals surface area contributed by atoms with Crippen LogP contribution in [0.3, 0.4) is 0 Å². The lowest BCUT2D eigenvalue weighted by Crippen LogP contribution is -2.32. The van der Waals surface area contributed by atoms with E-state index >= 15 is 0 Å². The maximum absolute atomic E-state index is 12.3. The zero-order valence-electron chi connectivity index (χ0n) is 14.3. The van der Waals surface area contributed by atoms with Gasteiger partial charge in [0.25, 0.3) is 5.69 Å². The lowest BCUT2D eigenvalue weighted by atomic mass is 9.80. The number of ether oxygens (including phenoxy) is 1. The average Bonchev–Trinajstić information content (AvgIpc) is 2.58. The Morgan fingerprint density at radius 3 is 2.36 bits per heavy atom. The number of carbonyl (C=O) groups excluding carboxylic acids is 1. The van der Waals surface area contributed by atoms with Crippen LogP contribution in [0, 0.1) is 10.1 Å². The molecule has 1 aromatic rings. The molecule has 1 aliphatic heterocycles. The SMILES string of the molecule is COC(=O)C1=C(C)N(C)C(C)=C(C(=O)O)C1c1cccc([N+](=O)[O-])c1. The van der Waals surface area contributed by atoms with E-state index in [-0.39, 0.29) is 16.8 Å². The van der Waals surface area contributed by atoms with Gasteiger partial charge in [-0.15, -0.1) is 0 Å². The first-order valence-corrected chi connectivity index (χ1v) is 7.41. The van der Waals surface area contributed by atoms with Crippen molar-refractivity contribution in [3.63, 3.8) is 0 Å². The Hall–Kier alpha value is -3.16. The number of methoxy groups -OCH3 is 1. The highest BCUT2D eigenvalue weighted by Crippen LogP contribution is 2.42. The molecule has 0 aromatic heterocycles. The molecule has 8 nitrogen and oxygen atoms in total. The van der Waals surface area contributed by atoms with E-state index in [0.29, 0.717) is 17.0 Å². The van der Waals surface area contributed by atoms with Gasteiger partial charge in [-0.25, -0.2) is 9.59 Å². The maximum Gasteiger partial charge on any atom is 0.336 e. The van der Waals surface area contributed by atoms with E-state index in [0.717, 1.165) is 0 Å². The van der Waals surface area contributed by atoms with Crippen molar-refractivity contribution in [3.8, 4) is 0 Å². The Labute approximate surface area is 144 Å². The summed E-state index contributed by atoms with van der Waals surface area (Å²) in [6.45, 7) is 3.31. The first-order valence-electron chi connectivity index (χ1n) is 7.41. The van der Waals surface area contributed by atoms with Crippen molar-refractivity contribution in [3.05, 3.63) is 62.5 Å². The molecule has 1 unspecified atom stereocenters. The van der Waals surface area contributed by atoms with Gasteiger partial charge in [-0.3, -0.25) is 10.1 Å². The average molecular weight is 346 g/mol. The van der Waals surface area contributed by atoms with Crippen LogP contribution in [0.15, 0.2) is 46.8 Å². The minimum atomic E-state index is -1.20. The van der Waals surface area contributed by atoms with Gasteiger partial charge in [0.2, 0.25) is 0 Å². The second kappa shape index (κ2) is 6.76. The predicted molar refractivity (Wildman–Crippen MR) is 88.7 cm³/mol. The van der Waals surface area contributed by atoms with Gasteiger partial charge >= 0.3 is 11.9 Å². The summed E-state index contributed by atoms with van der Waals surface area (Å²) >= 11 is 0. The Morgan fingerprint density at radius 1 is 1.24 bits per heavy atom. The molecule has 2 rings (SSSR count). The standard InChI is InChI=1S/C17H18N2O6/c1-9-13(16(20)21)15(11-6-5-7-12(8-11)19(23)24)14(17(22)25-4)10(2)18(9)3/h5-8,15H,1-4H3,(H,20,21). The number of rotatable bonds is 4. The smallest absolute Gasteiger partial charge is 0.336 e. The van der Waals surface area contributed by atoms with E-state index in [9.17, 15) is 24.8 Å². The summed E-state index contributed by atoms with van der Waals surface area (Å²) in [7, 11) is 2.86. The summed E-state index contributed by atoms with van der Waals surface area (Å²) in [4.78, 5) is 36.3. The van der Waals surface area contributed by atoms with Crippen molar-refractivity contribution < 1.29 is 24.4 Å². The summed E-state index contributed by atoms with van der Waals surface area (Å²) in [6, 6.07) is 5.62. The maximum atomic E-state index is 12.3. The fourth-order valence-electron chi connectivity index (χ4n) is 2.98. The van der Waals surface area contributed by atoms with Crippen LogP contribution in [0.5, 0.6) is 0 Å². The second-order valence-electron chi connectivity index (χ2n) is 5.64. The zero-order valence-corrected chi connectivity index (χ0v) is 14.3. The quantitative estimate of drug-likeness (QED) is 0.506. The van der Waals surface area contributed by atoms with Gasteiger partial charge in [0.15, 0.2) is 0 Å². The third kappa shape index (κ3) is 3.10. The molecule has 0 radical (unpaired) electrons. The number of non-ortho nitro benzene ring substituents is 1. The molecule has 0 spiro atoms. The summed E-state index contributed by atoms with van der Waals surface area (Å²) < 4.78 is 4.83. The lowest BCUT2D eigenvalue weighted by Gasteiger charge is -2.35. The minimum Gasteiger partial charge on any atom is -0.478 e.